The average molecular weight is 272 g/mol. The SMILES string of the molecule is ClC1=NP(Cl)(Cl)=NC(Cl)=C1Cl. The van der Waals surface area contributed by atoms with Gasteiger partial charge in [0, 0.05) is 0 Å². The van der Waals surface area contributed by atoms with Gasteiger partial charge in [-0.2, -0.15) is 0 Å². The first-order chi connectivity index (χ1) is 4.92. The van der Waals surface area contributed by atoms with Crippen molar-refractivity contribution in [1.29, 1.82) is 0 Å². The van der Waals surface area contributed by atoms with Gasteiger partial charge < -0.3 is 0 Å². The maximum absolute atomic E-state index is 5.59. The van der Waals surface area contributed by atoms with Crippen molar-refractivity contribution in [2.45, 2.75) is 0 Å². The Bertz CT molecular complexity index is 299. The van der Waals surface area contributed by atoms with Crippen LogP contribution < -0.4 is 0 Å². The molecule has 62 valence electrons. The Labute approximate surface area is 87.8 Å². The summed E-state index contributed by atoms with van der Waals surface area (Å²) in [5.74, 6) is -2.74. The van der Waals surface area contributed by atoms with Gasteiger partial charge in [-0.05, 0) is 22.5 Å². The Hall–Kier alpha value is 1.09. The highest BCUT2D eigenvalue weighted by Gasteiger charge is 2.21. The molecule has 8 heteroatoms. The van der Waals surface area contributed by atoms with Crippen LogP contribution in [0.1, 0.15) is 0 Å². The zero-order valence-electron chi connectivity index (χ0n) is 4.73. The van der Waals surface area contributed by atoms with Crippen LogP contribution in [-0.2, 0) is 0 Å². The summed E-state index contributed by atoms with van der Waals surface area (Å²) in [5, 5.41) is 0.0836. The van der Waals surface area contributed by atoms with E-state index in [0.717, 1.165) is 0 Å². The van der Waals surface area contributed by atoms with Crippen LogP contribution in [0.2, 0.25) is 0 Å². The Morgan fingerprint density at radius 3 is 2.09 bits per heavy atom. The van der Waals surface area contributed by atoms with Gasteiger partial charge in [0.05, 0.1) is 0 Å². The highest BCUT2D eigenvalue weighted by molar-refractivity contribution is 8.09. The van der Waals surface area contributed by atoms with Gasteiger partial charge in [-0.15, -0.1) is 0 Å². The lowest BCUT2D eigenvalue weighted by molar-refractivity contribution is 1.53. The van der Waals surface area contributed by atoms with Crippen LogP contribution in [0.25, 0.3) is 0 Å². The van der Waals surface area contributed by atoms with Crippen LogP contribution in [0.4, 0.5) is 0 Å². The monoisotopic (exact) mass is 270 g/mol. The molecule has 11 heavy (non-hydrogen) atoms. The van der Waals surface area contributed by atoms with Gasteiger partial charge in [0.1, 0.15) is 5.03 Å². The molecular formula is C3Cl5N2P. The standard InChI is InChI=1S/C3Cl5N2P/c4-1-2(5)9-11(7,8)10-3(1)6. The maximum Gasteiger partial charge on any atom is 0.255 e. The van der Waals surface area contributed by atoms with Crippen molar-refractivity contribution in [3.63, 3.8) is 0 Å². The van der Waals surface area contributed by atoms with E-state index in [2.05, 4.69) is 9.51 Å². The fourth-order valence-electron chi connectivity index (χ4n) is 0.407. The van der Waals surface area contributed by atoms with Gasteiger partial charge in [-0.25, -0.2) is 9.51 Å². The minimum absolute atomic E-state index is 0.00463. The van der Waals surface area contributed by atoms with Crippen LogP contribution in [0.3, 0.4) is 0 Å². The van der Waals surface area contributed by atoms with E-state index in [9.17, 15) is 0 Å². The van der Waals surface area contributed by atoms with E-state index >= 15 is 0 Å². The zero-order valence-corrected chi connectivity index (χ0v) is 9.41. The summed E-state index contributed by atoms with van der Waals surface area (Å²) in [6, 6.07) is 0. The molecule has 0 aromatic rings. The summed E-state index contributed by atoms with van der Waals surface area (Å²) >= 11 is 27.8. The third kappa shape index (κ3) is 2.51. The van der Waals surface area contributed by atoms with Crippen molar-refractivity contribution in [3.05, 3.63) is 10.2 Å². The first-order valence-electron chi connectivity index (χ1n) is 2.25. The molecule has 1 aliphatic rings. The van der Waals surface area contributed by atoms with Crippen LogP contribution in [0.15, 0.2) is 19.7 Å². The summed E-state index contributed by atoms with van der Waals surface area (Å²) < 4.78 is 7.26. The van der Waals surface area contributed by atoms with Crippen molar-refractivity contribution in [1.82, 2.24) is 0 Å². The van der Waals surface area contributed by atoms with Gasteiger partial charge in [0.25, 0.3) is 5.91 Å². The first-order valence-corrected chi connectivity index (χ1v) is 6.89. The fourth-order valence-corrected chi connectivity index (χ4v) is 3.53. The Kier molecular flexibility index (Phi) is 3.19. The highest BCUT2D eigenvalue weighted by atomic mass is 35.9. The predicted molar refractivity (Wildman–Crippen MR) is 53.1 cm³/mol. The largest absolute Gasteiger partial charge is 0.255 e. The number of halogens is 5. The van der Waals surface area contributed by atoms with Crippen molar-refractivity contribution in [3.8, 4) is 0 Å². The summed E-state index contributed by atoms with van der Waals surface area (Å²) in [4.78, 5) is 0. The molecule has 1 rings (SSSR count). The molecule has 0 aliphatic carbocycles. The van der Waals surface area contributed by atoms with E-state index in [-0.39, 0.29) is 15.4 Å². The molecule has 0 saturated carbocycles. The van der Waals surface area contributed by atoms with Crippen LogP contribution in [0, 0.1) is 0 Å². The molecule has 0 fully saturated rings. The second kappa shape index (κ2) is 3.45. The number of hydrogen-bond donors (Lipinski definition) is 0. The predicted octanol–water partition coefficient (Wildman–Crippen LogP) is 4.71. The summed E-state index contributed by atoms with van der Waals surface area (Å²) in [6.45, 7) is 0. The lowest BCUT2D eigenvalue weighted by Crippen LogP contribution is -1.91. The molecule has 0 unspecified atom stereocenters. The molecule has 0 atom stereocenters. The van der Waals surface area contributed by atoms with Crippen LogP contribution >= 0.6 is 63.2 Å². The molecule has 0 aromatic heterocycles. The molecule has 0 saturated heterocycles. The van der Waals surface area contributed by atoms with Gasteiger partial charge in [-0.1, -0.05) is 34.8 Å². The van der Waals surface area contributed by atoms with E-state index in [1.54, 1.807) is 0 Å². The number of rotatable bonds is 0. The first kappa shape index (κ1) is 10.2. The minimum atomic E-state index is -2.74. The second-order valence-electron chi connectivity index (χ2n) is 1.55. The third-order valence-corrected chi connectivity index (χ3v) is 3.90. The third-order valence-electron chi connectivity index (χ3n) is 0.778. The van der Waals surface area contributed by atoms with Crippen molar-refractivity contribution >= 4 is 68.4 Å². The molecule has 2 nitrogen and oxygen atoms in total. The molecule has 1 aliphatic heterocycles. The average Bonchev–Trinajstić information content (AvgIpc) is 1.81. The number of allylic oxidation sites excluding steroid dienone is 1. The van der Waals surface area contributed by atoms with Crippen LogP contribution in [-0.4, -0.2) is 5.17 Å². The normalized spacial score (nSPS) is 22.8. The van der Waals surface area contributed by atoms with Crippen molar-refractivity contribution in [2.75, 3.05) is 0 Å². The molecular weight excluding hydrogens is 272 g/mol. The lowest BCUT2D eigenvalue weighted by atomic mass is 10.6. The van der Waals surface area contributed by atoms with E-state index in [4.69, 9.17) is 57.3 Å². The molecule has 1 heterocycles. The smallest absolute Gasteiger partial charge is 0.203 e. The van der Waals surface area contributed by atoms with Gasteiger partial charge in [-0.3, -0.25) is 0 Å². The Balaban J connectivity index is 3.28. The highest BCUT2D eigenvalue weighted by Crippen LogP contribution is 2.65. The van der Waals surface area contributed by atoms with E-state index < -0.39 is 5.91 Å². The number of hydrogen-bond acceptors (Lipinski definition) is 2. The zero-order chi connectivity index (χ0) is 8.65. The molecule has 0 amide bonds. The quantitative estimate of drug-likeness (QED) is 0.451. The van der Waals surface area contributed by atoms with Gasteiger partial charge in [0.2, 0.25) is 0 Å². The number of nitrogens with zero attached hydrogens (tertiary/aromatic N) is 2. The van der Waals surface area contributed by atoms with E-state index in [0.29, 0.717) is 0 Å². The van der Waals surface area contributed by atoms with Crippen molar-refractivity contribution < 1.29 is 0 Å². The summed E-state index contributed by atoms with van der Waals surface area (Å²) in [5.41, 5.74) is 0. The molecule has 0 aromatic carbocycles. The van der Waals surface area contributed by atoms with E-state index in [1.165, 1.54) is 0 Å². The molecule has 0 spiro atoms. The maximum atomic E-state index is 5.59. The summed E-state index contributed by atoms with van der Waals surface area (Å²) in [6.07, 6.45) is 0. The minimum Gasteiger partial charge on any atom is -0.203 e. The summed E-state index contributed by atoms with van der Waals surface area (Å²) in [7, 11) is 0. The Morgan fingerprint density at radius 1 is 1.09 bits per heavy atom. The topological polar surface area (TPSA) is 24.7 Å². The lowest BCUT2D eigenvalue weighted by Gasteiger charge is -2.09. The molecule has 0 N–H and O–H groups in total. The molecule has 0 bridgehead atoms. The van der Waals surface area contributed by atoms with Crippen molar-refractivity contribution in [2.24, 2.45) is 9.51 Å². The van der Waals surface area contributed by atoms with E-state index in [1.807, 2.05) is 0 Å². The van der Waals surface area contributed by atoms with Crippen LogP contribution in [0.5, 0.6) is 0 Å². The Morgan fingerprint density at radius 2 is 1.64 bits per heavy atom. The van der Waals surface area contributed by atoms with Gasteiger partial charge in [0.15, 0.2) is 10.3 Å². The van der Waals surface area contributed by atoms with Gasteiger partial charge >= 0.3 is 0 Å². The second-order valence-corrected chi connectivity index (χ2v) is 7.30. The fraction of sp³-hybridized carbons (Fsp3) is 0. The molecule has 0 radical (unpaired) electrons.